The van der Waals surface area contributed by atoms with Gasteiger partial charge >= 0.3 is 0 Å². The van der Waals surface area contributed by atoms with Gasteiger partial charge in [-0.05, 0) is 30.9 Å². The molecule has 1 fully saturated rings. The van der Waals surface area contributed by atoms with Gasteiger partial charge in [0, 0.05) is 18.3 Å². The number of pyridine rings is 1. The van der Waals surface area contributed by atoms with Crippen LogP contribution in [0.5, 0.6) is 0 Å². The number of carbonyl (C=O) groups is 1. The Morgan fingerprint density at radius 3 is 3.08 bits per heavy atom. The van der Waals surface area contributed by atoms with E-state index >= 15 is 0 Å². The predicted octanol–water partition coefficient (Wildman–Crippen LogP) is 1.99. The number of nitrogens with one attached hydrogen (secondary N) is 1. The maximum absolute atomic E-state index is 12.2. The molecule has 1 aliphatic carbocycles. The van der Waals surface area contributed by atoms with Crippen LogP contribution in [0.1, 0.15) is 43.0 Å². The standard InChI is InChI=1S/C17H23N5O2/c1-13-4-2-3-5-15(13)24-9-8-20-17(23)14-6-7-19-16(10-14)22-12-18-11-21-22/h6-7,10-13,15H,2-5,8-9H2,1H3,(H,20,23). The smallest absolute Gasteiger partial charge is 0.251 e. The van der Waals surface area contributed by atoms with Gasteiger partial charge in [0.15, 0.2) is 5.82 Å². The Morgan fingerprint density at radius 1 is 1.42 bits per heavy atom. The summed E-state index contributed by atoms with van der Waals surface area (Å²) >= 11 is 0. The number of hydrogen-bond donors (Lipinski definition) is 1. The third-order valence-electron chi connectivity index (χ3n) is 4.41. The van der Waals surface area contributed by atoms with Gasteiger partial charge in [0.05, 0.1) is 12.7 Å². The van der Waals surface area contributed by atoms with E-state index in [9.17, 15) is 4.79 Å². The van der Waals surface area contributed by atoms with Gasteiger partial charge in [0.25, 0.3) is 5.91 Å². The highest BCUT2D eigenvalue weighted by Crippen LogP contribution is 2.25. The Labute approximate surface area is 141 Å². The highest BCUT2D eigenvalue weighted by atomic mass is 16.5. The quantitative estimate of drug-likeness (QED) is 0.820. The molecule has 7 heteroatoms. The molecule has 128 valence electrons. The zero-order chi connectivity index (χ0) is 16.8. The molecule has 1 N–H and O–H groups in total. The molecule has 24 heavy (non-hydrogen) atoms. The Kier molecular flexibility index (Phi) is 5.53. The first-order valence-electron chi connectivity index (χ1n) is 8.45. The fourth-order valence-corrected chi connectivity index (χ4v) is 3.02. The molecule has 3 rings (SSSR count). The van der Waals surface area contributed by atoms with E-state index in [1.165, 1.54) is 30.3 Å². The minimum absolute atomic E-state index is 0.140. The Hall–Kier alpha value is -2.28. The molecule has 0 bridgehead atoms. The van der Waals surface area contributed by atoms with Crippen LogP contribution in [0, 0.1) is 5.92 Å². The normalized spacial score (nSPS) is 20.7. The maximum Gasteiger partial charge on any atom is 0.251 e. The molecule has 1 aliphatic rings. The van der Waals surface area contributed by atoms with Gasteiger partial charge in [0.1, 0.15) is 12.7 Å². The molecule has 1 amide bonds. The lowest BCUT2D eigenvalue weighted by Crippen LogP contribution is -2.31. The van der Waals surface area contributed by atoms with Crippen molar-refractivity contribution in [3.8, 4) is 5.82 Å². The fraction of sp³-hybridized carbons (Fsp3) is 0.529. The van der Waals surface area contributed by atoms with Crippen LogP contribution in [0.15, 0.2) is 31.0 Å². The van der Waals surface area contributed by atoms with Crippen LogP contribution in [-0.4, -0.2) is 44.9 Å². The van der Waals surface area contributed by atoms with Gasteiger partial charge in [-0.2, -0.15) is 5.10 Å². The third kappa shape index (κ3) is 4.17. The molecule has 1 saturated carbocycles. The second-order valence-corrected chi connectivity index (χ2v) is 6.17. The van der Waals surface area contributed by atoms with E-state index in [2.05, 4.69) is 27.3 Å². The summed E-state index contributed by atoms with van der Waals surface area (Å²) in [6.45, 7) is 3.29. The van der Waals surface area contributed by atoms with E-state index in [0.717, 1.165) is 6.42 Å². The van der Waals surface area contributed by atoms with Crippen LogP contribution in [0.2, 0.25) is 0 Å². The monoisotopic (exact) mass is 329 g/mol. The van der Waals surface area contributed by atoms with Crippen molar-refractivity contribution in [2.75, 3.05) is 13.2 Å². The number of carbonyl (C=O) groups excluding carboxylic acids is 1. The maximum atomic E-state index is 12.2. The molecule has 2 atom stereocenters. The minimum Gasteiger partial charge on any atom is -0.376 e. The molecule has 0 spiro atoms. The molecular formula is C17H23N5O2. The van der Waals surface area contributed by atoms with Gasteiger partial charge in [-0.15, -0.1) is 0 Å². The van der Waals surface area contributed by atoms with Crippen molar-refractivity contribution in [2.24, 2.45) is 5.92 Å². The van der Waals surface area contributed by atoms with Gasteiger partial charge < -0.3 is 10.1 Å². The number of aromatic nitrogens is 4. The molecule has 0 saturated heterocycles. The Bertz CT molecular complexity index is 659. The molecule has 2 unspecified atom stereocenters. The molecule has 0 radical (unpaired) electrons. The molecule has 0 aliphatic heterocycles. The van der Waals surface area contributed by atoms with Crippen molar-refractivity contribution in [1.29, 1.82) is 0 Å². The third-order valence-corrected chi connectivity index (χ3v) is 4.41. The van der Waals surface area contributed by atoms with E-state index < -0.39 is 0 Å². The van der Waals surface area contributed by atoms with E-state index in [1.54, 1.807) is 24.7 Å². The van der Waals surface area contributed by atoms with Crippen molar-refractivity contribution in [3.63, 3.8) is 0 Å². The number of rotatable bonds is 6. The summed E-state index contributed by atoms with van der Waals surface area (Å²) < 4.78 is 7.43. The summed E-state index contributed by atoms with van der Waals surface area (Å²) in [6.07, 6.45) is 9.79. The highest BCUT2D eigenvalue weighted by Gasteiger charge is 2.21. The largest absolute Gasteiger partial charge is 0.376 e. The van der Waals surface area contributed by atoms with E-state index in [1.807, 2.05) is 0 Å². The summed E-state index contributed by atoms with van der Waals surface area (Å²) in [4.78, 5) is 20.3. The van der Waals surface area contributed by atoms with Crippen LogP contribution in [-0.2, 0) is 4.74 Å². The zero-order valence-electron chi connectivity index (χ0n) is 13.9. The van der Waals surface area contributed by atoms with Crippen molar-refractivity contribution in [3.05, 3.63) is 36.5 Å². The Balaban J connectivity index is 1.48. The molecule has 0 aromatic carbocycles. The summed E-state index contributed by atoms with van der Waals surface area (Å²) in [5.41, 5.74) is 0.543. The van der Waals surface area contributed by atoms with Crippen molar-refractivity contribution in [2.45, 2.75) is 38.7 Å². The lowest BCUT2D eigenvalue weighted by molar-refractivity contribution is -0.00293. The summed E-state index contributed by atoms with van der Waals surface area (Å²) in [6, 6.07) is 3.37. The van der Waals surface area contributed by atoms with Crippen LogP contribution < -0.4 is 5.32 Å². The molecule has 2 heterocycles. The van der Waals surface area contributed by atoms with Crippen LogP contribution in [0.25, 0.3) is 5.82 Å². The van der Waals surface area contributed by atoms with Crippen LogP contribution in [0.4, 0.5) is 0 Å². The molecular weight excluding hydrogens is 306 g/mol. The van der Waals surface area contributed by atoms with E-state index in [-0.39, 0.29) is 5.91 Å². The fourth-order valence-electron chi connectivity index (χ4n) is 3.02. The van der Waals surface area contributed by atoms with Gasteiger partial charge in [-0.3, -0.25) is 4.79 Å². The van der Waals surface area contributed by atoms with Gasteiger partial charge in [-0.1, -0.05) is 19.8 Å². The molecule has 7 nitrogen and oxygen atoms in total. The first-order chi connectivity index (χ1) is 11.7. The van der Waals surface area contributed by atoms with E-state index in [4.69, 9.17) is 4.74 Å². The van der Waals surface area contributed by atoms with Crippen molar-refractivity contribution < 1.29 is 9.53 Å². The average Bonchev–Trinajstić information content (AvgIpc) is 3.15. The second-order valence-electron chi connectivity index (χ2n) is 6.17. The lowest BCUT2D eigenvalue weighted by atomic mass is 9.88. The highest BCUT2D eigenvalue weighted by molar-refractivity contribution is 5.94. The van der Waals surface area contributed by atoms with Crippen LogP contribution >= 0.6 is 0 Å². The first kappa shape index (κ1) is 16.6. The number of nitrogens with zero attached hydrogens (tertiary/aromatic N) is 4. The lowest BCUT2D eigenvalue weighted by Gasteiger charge is -2.28. The summed E-state index contributed by atoms with van der Waals surface area (Å²) in [7, 11) is 0. The van der Waals surface area contributed by atoms with E-state index in [0.29, 0.717) is 36.6 Å². The summed E-state index contributed by atoms with van der Waals surface area (Å²) in [5.74, 6) is 1.03. The SMILES string of the molecule is CC1CCCCC1OCCNC(=O)c1ccnc(-n2cncn2)c1. The van der Waals surface area contributed by atoms with Crippen LogP contribution in [0.3, 0.4) is 0 Å². The number of amides is 1. The average molecular weight is 329 g/mol. The second kappa shape index (κ2) is 8.01. The van der Waals surface area contributed by atoms with Gasteiger partial charge in [0.2, 0.25) is 0 Å². The summed E-state index contributed by atoms with van der Waals surface area (Å²) in [5, 5.41) is 6.90. The topological polar surface area (TPSA) is 81.9 Å². The zero-order valence-corrected chi connectivity index (χ0v) is 13.9. The number of hydrogen-bond acceptors (Lipinski definition) is 5. The van der Waals surface area contributed by atoms with Crippen molar-refractivity contribution in [1.82, 2.24) is 25.1 Å². The first-order valence-corrected chi connectivity index (χ1v) is 8.45. The predicted molar refractivity (Wildman–Crippen MR) is 88.9 cm³/mol. The van der Waals surface area contributed by atoms with Gasteiger partial charge in [-0.25, -0.2) is 14.6 Å². The number of ether oxygens (including phenoxy) is 1. The molecule has 2 aromatic heterocycles. The minimum atomic E-state index is -0.140. The molecule has 2 aromatic rings. The van der Waals surface area contributed by atoms with Crippen molar-refractivity contribution >= 4 is 5.91 Å². The Morgan fingerprint density at radius 2 is 2.29 bits per heavy atom.